The number of likely N-dealkylation sites (tertiary alicyclic amines) is 1. The van der Waals surface area contributed by atoms with E-state index >= 15 is 0 Å². The van der Waals surface area contributed by atoms with Crippen LogP contribution in [0.25, 0.3) is 11.0 Å². The summed E-state index contributed by atoms with van der Waals surface area (Å²) in [5.41, 5.74) is -2.32. The van der Waals surface area contributed by atoms with E-state index in [1.807, 2.05) is 6.08 Å². The number of fused-ring (bicyclic) bond motifs is 2. The summed E-state index contributed by atoms with van der Waals surface area (Å²) < 4.78 is 74.5. The number of carbonyl (C=O) groups is 3. The Hall–Kier alpha value is -4.03. The number of alkyl halides is 2. The molecule has 3 aliphatic rings. The lowest BCUT2D eigenvalue weighted by molar-refractivity contribution is -0.160. The third-order valence-corrected chi connectivity index (χ3v) is 9.78. The molecular weight excluding hydrogens is 634 g/mol. The normalized spacial score (nSPS) is 25.7. The number of benzene rings is 1. The smallest absolute Gasteiger partial charge is 0.328 e. The summed E-state index contributed by atoms with van der Waals surface area (Å²) in [6.45, 7) is 12.1. The molecule has 1 aliphatic heterocycles. The Balaban J connectivity index is 1.38. The van der Waals surface area contributed by atoms with Crippen LogP contribution in [-0.4, -0.2) is 64.6 Å². The zero-order valence-corrected chi connectivity index (χ0v) is 27.5. The molecule has 3 fully saturated rings. The molecule has 7 atom stereocenters. The van der Waals surface area contributed by atoms with E-state index in [1.165, 1.54) is 4.90 Å². The van der Waals surface area contributed by atoms with Crippen molar-refractivity contribution < 1.29 is 46.2 Å². The second kappa shape index (κ2) is 13.5. The summed E-state index contributed by atoms with van der Waals surface area (Å²) in [6, 6.07) is 0.176. The van der Waals surface area contributed by atoms with Crippen molar-refractivity contribution in [2.75, 3.05) is 13.7 Å². The van der Waals surface area contributed by atoms with Crippen LogP contribution in [0.2, 0.25) is 0 Å². The average Bonchev–Trinajstić information content (AvgIpc) is 3.52. The highest BCUT2D eigenvalue weighted by Crippen LogP contribution is 2.57. The highest BCUT2D eigenvalue weighted by molar-refractivity contribution is 5.89. The van der Waals surface area contributed by atoms with E-state index < -0.39 is 70.5 Å². The van der Waals surface area contributed by atoms with Crippen molar-refractivity contribution in [1.82, 2.24) is 14.9 Å². The maximum Gasteiger partial charge on any atom is 0.328 e. The number of hydrogen-bond donors (Lipinski definition) is 0. The van der Waals surface area contributed by atoms with Gasteiger partial charge >= 0.3 is 17.9 Å². The number of aromatic nitrogens is 2. The number of methoxy groups -OCH3 is 1. The second-order valence-corrected chi connectivity index (χ2v) is 14.0. The molecule has 2 aliphatic carbocycles. The van der Waals surface area contributed by atoms with Crippen LogP contribution in [0.1, 0.15) is 65.0 Å². The van der Waals surface area contributed by atoms with Crippen LogP contribution < -0.4 is 4.74 Å². The molecule has 0 unspecified atom stereocenters. The molecule has 1 aromatic heterocycles. The van der Waals surface area contributed by atoms with Gasteiger partial charge in [-0.2, -0.15) is 8.78 Å². The van der Waals surface area contributed by atoms with E-state index in [4.69, 9.17) is 14.2 Å². The molecule has 0 bridgehead atoms. The lowest BCUT2D eigenvalue weighted by Gasteiger charge is -2.34. The SMILES string of the molecule is C=CCC[C@@H]1[C@H]2C[C@H]2C[C@H]1OC(=O)C[C@H](C(=O)N1C[C@H](Oc2nc3cc(F)c(F)cc3nc2C(F)(F)C=C)C[C@H]1C(=O)OC)C(C)(C)C. The van der Waals surface area contributed by atoms with E-state index in [1.54, 1.807) is 20.8 Å². The second-order valence-electron chi connectivity index (χ2n) is 14.0. The van der Waals surface area contributed by atoms with E-state index in [2.05, 4.69) is 23.1 Å². The summed E-state index contributed by atoms with van der Waals surface area (Å²) in [5, 5.41) is 0. The van der Waals surface area contributed by atoms with Gasteiger partial charge in [-0.25, -0.2) is 23.5 Å². The fraction of sp³-hybridized carbons (Fsp3) is 0.571. The first-order chi connectivity index (χ1) is 22.6. The highest BCUT2D eigenvalue weighted by atomic mass is 19.3. The lowest BCUT2D eigenvalue weighted by Crippen LogP contribution is -2.48. The summed E-state index contributed by atoms with van der Waals surface area (Å²) in [5.74, 6) is -8.39. The van der Waals surface area contributed by atoms with Crippen molar-refractivity contribution >= 4 is 28.9 Å². The van der Waals surface area contributed by atoms with Gasteiger partial charge < -0.3 is 19.1 Å². The zero-order valence-electron chi connectivity index (χ0n) is 27.5. The van der Waals surface area contributed by atoms with Crippen molar-refractivity contribution in [2.24, 2.45) is 29.1 Å². The molecule has 13 heteroatoms. The monoisotopic (exact) mass is 675 g/mol. The Morgan fingerprint density at radius 3 is 2.33 bits per heavy atom. The van der Waals surface area contributed by atoms with Crippen LogP contribution in [0.15, 0.2) is 37.4 Å². The molecule has 0 radical (unpaired) electrons. The van der Waals surface area contributed by atoms with E-state index in [-0.39, 0.29) is 42.4 Å². The maximum atomic E-state index is 14.9. The van der Waals surface area contributed by atoms with Gasteiger partial charge in [0.2, 0.25) is 11.8 Å². The van der Waals surface area contributed by atoms with E-state index in [0.717, 1.165) is 32.8 Å². The van der Waals surface area contributed by atoms with Crippen molar-refractivity contribution in [1.29, 1.82) is 0 Å². The number of nitrogens with zero attached hydrogens (tertiary/aromatic N) is 3. The molecule has 0 spiro atoms. The topological polar surface area (TPSA) is 108 Å². The van der Waals surface area contributed by atoms with Crippen LogP contribution in [0.3, 0.4) is 0 Å². The Morgan fingerprint density at radius 1 is 1.06 bits per heavy atom. The quantitative estimate of drug-likeness (QED) is 0.147. The standard InChI is InChI=1S/C35H41F4N3O6/c1-7-9-10-20-21-11-18(21)12-28(20)48-29(43)14-22(34(3,4)5)32(44)42-17-19(13-27(42)33(45)46-6)47-31-30(35(38,39)8-2)40-25-15-23(36)24(37)16-26(25)41-31/h7-8,15-16,18-22,27-28H,1-2,9-14,17H2,3-6H3/t18-,19+,20+,21-,22+,27-,28+/m0/s1. The van der Waals surface area contributed by atoms with Gasteiger partial charge in [-0.05, 0) is 54.9 Å². The van der Waals surface area contributed by atoms with Gasteiger partial charge in [0.25, 0.3) is 0 Å². The van der Waals surface area contributed by atoms with Gasteiger partial charge in [-0.1, -0.05) is 33.4 Å². The number of ether oxygens (including phenoxy) is 3. The first-order valence-electron chi connectivity index (χ1n) is 16.1. The molecule has 2 aromatic rings. The molecule has 1 amide bonds. The van der Waals surface area contributed by atoms with Crippen LogP contribution in [0.5, 0.6) is 5.88 Å². The highest BCUT2D eigenvalue weighted by Gasteiger charge is 2.54. The zero-order chi connectivity index (χ0) is 35.1. The maximum absolute atomic E-state index is 14.9. The minimum Gasteiger partial charge on any atom is -0.471 e. The van der Waals surface area contributed by atoms with Crippen LogP contribution in [0, 0.1) is 40.7 Å². The molecule has 2 saturated carbocycles. The molecule has 2 heterocycles. The molecule has 9 nitrogen and oxygen atoms in total. The molecular formula is C35H41F4N3O6. The lowest BCUT2D eigenvalue weighted by atomic mass is 9.77. The van der Waals surface area contributed by atoms with Gasteiger partial charge in [-0.15, -0.1) is 6.58 Å². The van der Waals surface area contributed by atoms with Gasteiger partial charge in [-0.3, -0.25) is 9.59 Å². The van der Waals surface area contributed by atoms with Crippen molar-refractivity contribution in [3.05, 3.63) is 54.8 Å². The van der Waals surface area contributed by atoms with Crippen molar-refractivity contribution in [3.63, 3.8) is 0 Å². The predicted molar refractivity (Wildman–Crippen MR) is 167 cm³/mol. The minimum absolute atomic E-state index is 0.161. The van der Waals surface area contributed by atoms with Crippen molar-refractivity contribution in [2.45, 2.75) is 83.5 Å². The van der Waals surface area contributed by atoms with Gasteiger partial charge in [0.05, 0.1) is 37.0 Å². The number of halogens is 4. The first-order valence-corrected chi connectivity index (χ1v) is 16.1. The molecule has 0 N–H and O–H groups in total. The Kier molecular flexibility index (Phi) is 9.90. The minimum atomic E-state index is -3.78. The van der Waals surface area contributed by atoms with Crippen molar-refractivity contribution in [3.8, 4) is 5.88 Å². The summed E-state index contributed by atoms with van der Waals surface area (Å²) in [4.78, 5) is 49.5. The molecule has 48 heavy (non-hydrogen) atoms. The third kappa shape index (κ3) is 7.19. The fourth-order valence-corrected chi connectivity index (χ4v) is 7.08. The number of esters is 2. The van der Waals surface area contributed by atoms with Crippen LogP contribution >= 0.6 is 0 Å². The third-order valence-electron chi connectivity index (χ3n) is 9.78. The predicted octanol–water partition coefficient (Wildman–Crippen LogP) is 6.29. The van der Waals surface area contributed by atoms with Crippen LogP contribution in [0.4, 0.5) is 17.6 Å². The number of amides is 1. The fourth-order valence-electron chi connectivity index (χ4n) is 7.08. The average molecular weight is 676 g/mol. The molecule has 1 saturated heterocycles. The molecule has 260 valence electrons. The molecule has 5 rings (SSSR count). The Morgan fingerprint density at radius 2 is 1.73 bits per heavy atom. The molecule has 1 aromatic carbocycles. The van der Waals surface area contributed by atoms with E-state index in [0.29, 0.717) is 30.0 Å². The van der Waals surface area contributed by atoms with Gasteiger partial charge in [0, 0.05) is 18.6 Å². The Labute approximate surface area is 276 Å². The summed E-state index contributed by atoms with van der Waals surface area (Å²) >= 11 is 0. The van der Waals surface area contributed by atoms with E-state index in [9.17, 15) is 31.9 Å². The summed E-state index contributed by atoms with van der Waals surface area (Å²) in [6.07, 6.45) is 4.14. The number of rotatable bonds is 12. The largest absolute Gasteiger partial charge is 0.471 e. The number of hydrogen-bond acceptors (Lipinski definition) is 8. The first kappa shape index (κ1) is 35.3. The Bertz CT molecular complexity index is 1610. The number of allylic oxidation sites excluding steroid dienone is 2. The summed E-state index contributed by atoms with van der Waals surface area (Å²) in [7, 11) is 1.15. The van der Waals surface area contributed by atoms with Gasteiger partial charge in [0.15, 0.2) is 17.3 Å². The number of carbonyl (C=O) groups excluding carboxylic acids is 3. The van der Waals surface area contributed by atoms with Gasteiger partial charge in [0.1, 0.15) is 18.2 Å². The van der Waals surface area contributed by atoms with Crippen LogP contribution in [-0.2, 0) is 29.8 Å².